The lowest BCUT2D eigenvalue weighted by Gasteiger charge is -2.12. The number of rotatable bonds is 15. The number of unbranched alkanes of at least 4 members (excludes halogenated alkanes) is 10. The van der Waals surface area contributed by atoms with Crippen LogP contribution in [0.15, 0.2) is 0 Å². The van der Waals surface area contributed by atoms with Gasteiger partial charge in [-0.3, -0.25) is 0 Å². The highest BCUT2D eigenvalue weighted by Crippen LogP contribution is 2.11. The molecule has 0 aliphatic carbocycles. The fourth-order valence-corrected chi connectivity index (χ4v) is 2.46. The summed E-state index contributed by atoms with van der Waals surface area (Å²) in [6.45, 7) is 7.74. The topological polar surface area (TPSA) is 9.23 Å². The van der Waals surface area contributed by atoms with E-state index in [4.69, 9.17) is 4.74 Å². The van der Waals surface area contributed by atoms with E-state index in [0.717, 1.165) is 6.61 Å². The Hall–Kier alpha value is -0.0400. The van der Waals surface area contributed by atoms with Gasteiger partial charge in [-0.05, 0) is 19.8 Å². The van der Waals surface area contributed by atoms with Crippen molar-refractivity contribution in [3.8, 4) is 0 Å². The van der Waals surface area contributed by atoms with Gasteiger partial charge in [0.2, 0.25) is 0 Å². The van der Waals surface area contributed by atoms with E-state index in [9.17, 15) is 0 Å². The van der Waals surface area contributed by atoms with Gasteiger partial charge in [0.25, 0.3) is 0 Å². The van der Waals surface area contributed by atoms with Gasteiger partial charge in [-0.15, -0.1) is 0 Å². The van der Waals surface area contributed by atoms with Crippen molar-refractivity contribution in [3.05, 3.63) is 0 Å². The molecule has 0 bridgehead atoms. The normalized spacial score (nSPS) is 12.8. The van der Waals surface area contributed by atoms with Crippen LogP contribution in [0.1, 0.15) is 104 Å². The lowest BCUT2D eigenvalue weighted by molar-refractivity contribution is 0.0558. The average molecular weight is 271 g/mol. The summed E-state index contributed by atoms with van der Waals surface area (Å²) in [4.78, 5) is 0. The predicted octanol–water partition coefficient (Wildman–Crippen LogP) is 6.50. The second-order valence-corrected chi connectivity index (χ2v) is 6.01. The zero-order valence-electron chi connectivity index (χ0n) is 13.9. The van der Waals surface area contributed by atoms with Crippen molar-refractivity contribution < 1.29 is 4.74 Å². The van der Waals surface area contributed by atoms with E-state index in [0.29, 0.717) is 6.10 Å². The molecule has 0 aliphatic heterocycles. The van der Waals surface area contributed by atoms with Crippen molar-refractivity contribution in [3.63, 3.8) is 0 Å². The lowest BCUT2D eigenvalue weighted by Crippen LogP contribution is -2.09. The standard InChI is InChI=1S/C18H38O/c1-4-6-8-9-10-11-12-13-15-17-19-18(3)16-14-7-5-2/h18H,4-17H2,1-3H3. The maximum Gasteiger partial charge on any atom is 0.0547 e. The maximum absolute atomic E-state index is 5.85. The fraction of sp³-hybridized carbons (Fsp3) is 1.00. The quantitative estimate of drug-likeness (QED) is 0.308. The molecule has 0 heterocycles. The molecule has 0 N–H and O–H groups in total. The Morgan fingerprint density at radius 1 is 0.632 bits per heavy atom. The highest BCUT2D eigenvalue weighted by atomic mass is 16.5. The Kier molecular flexibility index (Phi) is 16.0. The molecule has 0 rings (SSSR count). The Morgan fingerprint density at radius 2 is 1.11 bits per heavy atom. The molecule has 0 amide bonds. The van der Waals surface area contributed by atoms with Gasteiger partial charge < -0.3 is 4.74 Å². The number of hydrogen-bond donors (Lipinski definition) is 0. The molecule has 0 radical (unpaired) electrons. The summed E-state index contributed by atoms with van der Waals surface area (Å²) in [5, 5.41) is 0. The first kappa shape index (κ1) is 19.0. The van der Waals surface area contributed by atoms with Crippen LogP contribution in [0.4, 0.5) is 0 Å². The lowest BCUT2D eigenvalue weighted by atomic mass is 10.1. The van der Waals surface area contributed by atoms with Crippen molar-refractivity contribution in [1.29, 1.82) is 0 Å². The van der Waals surface area contributed by atoms with Gasteiger partial charge in [0.1, 0.15) is 0 Å². The van der Waals surface area contributed by atoms with E-state index in [1.165, 1.54) is 83.5 Å². The van der Waals surface area contributed by atoms with Crippen molar-refractivity contribution in [1.82, 2.24) is 0 Å². The van der Waals surface area contributed by atoms with Crippen LogP contribution in [0.2, 0.25) is 0 Å². The second kappa shape index (κ2) is 16.0. The number of ether oxygens (including phenoxy) is 1. The SMILES string of the molecule is CCCCCCCCCCCOC(C)CCCCC. The van der Waals surface area contributed by atoms with E-state index >= 15 is 0 Å². The van der Waals surface area contributed by atoms with E-state index < -0.39 is 0 Å². The van der Waals surface area contributed by atoms with Crippen LogP contribution in [0, 0.1) is 0 Å². The Morgan fingerprint density at radius 3 is 1.68 bits per heavy atom. The van der Waals surface area contributed by atoms with Crippen LogP contribution in [-0.4, -0.2) is 12.7 Å². The van der Waals surface area contributed by atoms with Gasteiger partial charge in [-0.2, -0.15) is 0 Å². The summed E-state index contributed by atoms with van der Waals surface area (Å²) in [5.41, 5.74) is 0. The smallest absolute Gasteiger partial charge is 0.0547 e. The molecule has 0 aromatic rings. The summed E-state index contributed by atoms with van der Waals surface area (Å²) in [7, 11) is 0. The van der Waals surface area contributed by atoms with Crippen molar-refractivity contribution in [2.75, 3.05) is 6.61 Å². The largest absolute Gasteiger partial charge is 0.379 e. The van der Waals surface area contributed by atoms with Crippen LogP contribution < -0.4 is 0 Å². The molecule has 19 heavy (non-hydrogen) atoms. The molecule has 1 heteroatoms. The molecule has 1 atom stereocenters. The highest BCUT2D eigenvalue weighted by molar-refractivity contribution is 4.52. The van der Waals surface area contributed by atoms with Gasteiger partial charge in [0, 0.05) is 6.61 Å². The molecule has 0 spiro atoms. The molecular weight excluding hydrogens is 232 g/mol. The summed E-state index contributed by atoms with van der Waals surface area (Å²) >= 11 is 0. The molecule has 116 valence electrons. The van der Waals surface area contributed by atoms with Crippen LogP contribution in [0.5, 0.6) is 0 Å². The zero-order chi connectivity index (χ0) is 14.2. The molecule has 1 nitrogen and oxygen atoms in total. The van der Waals surface area contributed by atoms with Gasteiger partial charge in [0.15, 0.2) is 0 Å². The summed E-state index contributed by atoms with van der Waals surface area (Å²) < 4.78 is 5.85. The Balaban J connectivity index is 3.05. The highest BCUT2D eigenvalue weighted by Gasteiger charge is 2.01. The molecule has 0 fully saturated rings. The first-order valence-corrected chi connectivity index (χ1v) is 8.92. The first-order valence-electron chi connectivity index (χ1n) is 8.92. The summed E-state index contributed by atoms with van der Waals surface area (Å²) in [6, 6.07) is 0. The predicted molar refractivity (Wildman–Crippen MR) is 86.8 cm³/mol. The Labute approximate surface area is 122 Å². The van der Waals surface area contributed by atoms with Gasteiger partial charge in [-0.1, -0.05) is 84.5 Å². The molecular formula is C18H38O. The summed E-state index contributed by atoms with van der Waals surface area (Å²) in [6.07, 6.45) is 18.2. The van der Waals surface area contributed by atoms with E-state index in [2.05, 4.69) is 20.8 Å². The molecule has 0 aromatic heterocycles. The third-order valence-electron chi connectivity index (χ3n) is 3.86. The second-order valence-electron chi connectivity index (χ2n) is 6.01. The minimum absolute atomic E-state index is 0.473. The fourth-order valence-electron chi connectivity index (χ4n) is 2.46. The van der Waals surface area contributed by atoms with E-state index in [1.807, 2.05) is 0 Å². The first-order chi connectivity index (χ1) is 9.31. The monoisotopic (exact) mass is 270 g/mol. The minimum atomic E-state index is 0.473. The Bertz CT molecular complexity index is 156. The van der Waals surface area contributed by atoms with Crippen LogP contribution in [0.25, 0.3) is 0 Å². The van der Waals surface area contributed by atoms with Crippen molar-refractivity contribution >= 4 is 0 Å². The van der Waals surface area contributed by atoms with Crippen LogP contribution in [0.3, 0.4) is 0 Å². The molecule has 0 saturated heterocycles. The van der Waals surface area contributed by atoms with Crippen molar-refractivity contribution in [2.24, 2.45) is 0 Å². The van der Waals surface area contributed by atoms with Crippen molar-refractivity contribution in [2.45, 2.75) is 110 Å². The van der Waals surface area contributed by atoms with Gasteiger partial charge in [0.05, 0.1) is 6.10 Å². The van der Waals surface area contributed by atoms with E-state index in [-0.39, 0.29) is 0 Å². The third-order valence-corrected chi connectivity index (χ3v) is 3.86. The zero-order valence-corrected chi connectivity index (χ0v) is 13.9. The molecule has 0 aliphatic rings. The van der Waals surface area contributed by atoms with Gasteiger partial charge in [-0.25, -0.2) is 0 Å². The average Bonchev–Trinajstić information content (AvgIpc) is 2.41. The molecule has 0 saturated carbocycles. The molecule has 1 unspecified atom stereocenters. The molecule has 0 aromatic carbocycles. The third kappa shape index (κ3) is 15.9. The van der Waals surface area contributed by atoms with Gasteiger partial charge >= 0.3 is 0 Å². The van der Waals surface area contributed by atoms with E-state index in [1.54, 1.807) is 0 Å². The minimum Gasteiger partial charge on any atom is -0.379 e. The summed E-state index contributed by atoms with van der Waals surface area (Å²) in [5.74, 6) is 0. The van der Waals surface area contributed by atoms with Crippen LogP contribution in [-0.2, 0) is 4.74 Å². The number of hydrogen-bond acceptors (Lipinski definition) is 1. The van der Waals surface area contributed by atoms with Crippen LogP contribution >= 0.6 is 0 Å². The maximum atomic E-state index is 5.85.